The Kier molecular flexibility index (Phi) is 26.7. The lowest BCUT2D eigenvalue weighted by molar-refractivity contribution is -0.407. The summed E-state index contributed by atoms with van der Waals surface area (Å²) in [7, 11) is 0. The summed E-state index contributed by atoms with van der Waals surface area (Å²) in [4.78, 5) is 13.4. The van der Waals surface area contributed by atoms with Crippen LogP contribution < -0.4 is 11.1 Å². The van der Waals surface area contributed by atoms with Crippen molar-refractivity contribution in [3.8, 4) is 5.75 Å². The predicted octanol–water partition coefficient (Wildman–Crippen LogP) is 8.25. The van der Waals surface area contributed by atoms with Crippen LogP contribution in [0.25, 0.3) is 0 Å². The Bertz CT molecular complexity index is 1570. The summed E-state index contributed by atoms with van der Waals surface area (Å²) in [6, 6.07) is 3.58. The van der Waals surface area contributed by atoms with E-state index in [1.54, 1.807) is 19.2 Å². The number of hydrogen-bond donors (Lipinski definition) is 6. The first-order valence-corrected chi connectivity index (χ1v) is 25.8. The summed E-state index contributed by atoms with van der Waals surface area (Å²) >= 11 is 0. The number of phenols is 1. The Balaban J connectivity index is 1.51. The molecule has 0 radical (unpaired) electrons. The zero-order valence-corrected chi connectivity index (χ0v) is 43.7. The van der Waals surface area contributed by atoms with Crippen molar-refractivity contribution in [2.24, 2.45) is 17.1 Å². The molecule has 0 bridgehead atoms. The number of aromatic hydroxyl groups is 1. The minimum Gasteiger partial charge on any atom is -0.507 e. The van der Waals surface area contributed by atoms with Gasteiger partial charge in [0.15, 0.2) is 6.29 Å². The van der Waals surface area contributed by atoms with Gasteiger partial charge < -0.3 is 64.6 Å². The first kappa shape index (κ1) is 59.7. The highest BCUT2D eigenvalue weighted by Gasteiger charge is 2.46. The molecule has 8 atom stereocenters. The number of unbranched alkanes of at least 4 members (excludes halogenated alkanes) is 12. The van der Waals surface area contributed by atoms with Crippen molar-refractivity contribution in [2.45, 2.75) is 213 Å². The van der Waals surface area contributed by atoms with Crippen molar-refractivity contribution in [1.82, 2.24) is 5.32 Å². The lowest BCUT2D eigenvalue weighted by Crippen LogP contribution is -2.56. The Labute approximate surface area is 409 Å². The maximum absolute atomic E-state index is 13.4. The molecule has 0 saturated carbocycles. The second kappa shape index (κ2) is 30.3. The summed E-state index contributed by atoms with van der Waals surface area (Å²) in [5.74, 6) is -1.39. The zero-order chi connectivity index (χ0) is 50.3. The minimum atomic E-state index is -1.42. The molecule has 3 rings (SSSR count). The maximum Gasteiger partial charge on any atom is 0.342 e. The van der Waals surface area contributed by atoms with E-state index in [0.717, 1.165) is 18.4 Å². The molecule has 0 aromatic heterocycles. The number of carbonyl (C=O) groups is 1. The molecule has 2 fully saturated rings. The molecular weight excluding hydrogens is 873 g/mol. The summed E-state index contributed by atoms with van der Waals surface area (Å²) < 4.78 is 47.6. The van der Waals surface area contributed by atoms with Crippen LogP contribution in [0.15, 0.2) is 24.0 Å². The number of aliphatic hydroxyl groups excluding tert-OH is 3. The van der Waals surface area contributed by atoms with E-state index < -0.39 is 67.2 Å². The summed E-state index contributed by atoms with van der Waals surface area (Å²) in [6.45, 7) is 21.2. The van der Waals surface area contributed by atoms with Crippen LogP contribution in [0, 0.1) is 11.3 Å². The van der Waals surface area contributed by atoms with Gasteiger partial charge in [0.25, 0.3) is 6.48 Å². The number of phenolic OH excluding ortho intramolecular Hbond substituents is 1. The van der Waals surface area contributed by atoms with Crippen molar-refractivity contribution in [3.63, 3.8) is 0 Å². The van der Waals surface area contributed by atoms with Crippen LogP contribution >= 0.6 is 0 Å². The highest BCUT2D eigenvalue weighted by Crippen LogP contribution is 2.38. The van der Waals surface area contributed by atoms with Gasteiger partial charge in [0, 0.05) is 42.9 Å². The fourth-order valence-corrected chi connectivity index (χ4v) is 8.24. The van der Waals surface area contributed by atoms with Crippen LogP contribution in [0.5, 0.6) is 5.75 Å². The lowest BCUT2D eigenvalue weighted by atomic mass is 9.79. The Morgan fingerprint density at radius 2 is 1.28 bits per heavy atom. The molecule has 0 spiro atoms. The topological polar surface area (TPSA) is 210 Å². The number of ether oxygens (including phenoxy) is 8. The van der Waals surface area contributed by atoms with Crippen molar-refractivity contribution in [2.75, 3.05) is 59.4 Å². The molecule has 0 aliphatic carbocycles. The molecule has 2 saturated heterocycles. The third-order valence-corrected chi connectivity index (χ3v) is 12.9. The van der Waals surface area contributed by atoms with Crippen LogP contribution in [-0.2, 0) is 48.7 Å². The van der Waals surface area contributed by atoms with Crippen molar-refractivity contribution < 1.29 is 63.1 Å². The molecule has 394 valence electrons. The summed E-state index contributed by atoms with van der Waals surface area (Å²) in [6.07, 6.45) is 12.4. The van der Waals surface area contributed by atoms with Crippen LogP contribution in [0.1, 0.15) is 181 Å². The monoisotopic (exact) mass is 967 g/mol. The summed E-state index contributed by atoms with van der Waals surface area (Å²) in [5.41, 5.74) is 7.23. The van der Waals surface area contributed by atoms with Gasteiger partial charge in [-0.15, -0.1) is 0 Å². The van der Waals surface area contributed by atoms with Gasteiger partial charge in [0.2, 0.25) is 0 Å². The van der Waals surface area contributed by atoms with E-state index in [1.165, 1.54) is 77.0 Å². The third-order valence-electron chi connectivity index (χ3n) is 12.9. The van der Waals surface area contributed by atoms with Crippen LogP contribution in [0.4, 0.5) is 0 Å². The molecule has 2 aliphatic rings. The molecule has 1 aromatic rings. The van der Waals surface area contributed by atoms with E-state index in [-0.39, 0.29) is 41.9 Å². The van der Waals surface area contributed by atoms with Gasteiger partial charge in [-0.2, -0.15) is 0 Å². The molecule has 8 unspecified atom stereocenters. The largest absolute Gasteiger partial charge is 0.507 e. The molecule has 0 amide bonds. The number of benzene rings is 1. The fraction of sp³-hybridized carbons (Fsp3) is 0.830. The van der Waals surface area contributed by atoms with Crippen molar-refractivity contribution in [1.29, 1.82) is 0 Å². The minimum absolute atomic E-state index is 0.0510. The molecular formula is C53H94N2O13. The van der Waals surface area contributed by atoms with E-state index in [9.17, 15) is 25.2 Å². The van der Waals surface area contributed by atoms with E-state index >= 15 is 0 Å². The van der Waals surface area contributed by atoms with Crippen molar-refractivity contribution >= 4 is 5.97 Å². The van der Waals surface area contributed by atoms with E-state index in [0.29, 0.717) is 44.3 Å². The first-order valence-electron chi connectivity index (χ1n) is 25.8. The zero-order valence-electron chi connectivity index (χ0n) is 43.7. The number of nitrogens with two attached hydrogens (primary N) is 1. The average Bonchev–Trinajstić information content (AvgIpc) is 3.54. The molecule has 2 aliphatic heterocycles. The van der Waals surface area contributed by atoms with Gasteiger partial charge in [0.05, 0.1) is 38.7 Å². The molecule has 1 aromatic carbocycles. The fourth-order valence-electron chi connectivity index (χ4n) is 8.24. The normalized spacial score (nSPS) is 23.9. The number of esters is 1. The Morgan fingerprint density at radius 1 is 0.735 bits per heavy atom. The molecule has 68 heavy (non-hydrogen) atoms. The number of aliphatic hydroxyl groups is 3. The van der Waals surface area contributed by atoms with Crippen LogP contribution in [0.3, 0.4) is 0 Å². The lowest BCUT2D eigenvalue weighted by Gasteiger charge is -2.39. The second-order valence-electron chi connectivity index (χ2n) is 21.6. The summed E-state index contributed by atoms with van der Waals surface area (Å²) in [5, 5.41) is 46.4. The third kappa shape index (κ3) is 20.6. The van der Waals surface area contributed by atoms with E-state index in [4.69, 9.17) is 43.6 Å². The van der Waals surface area contributed by atoms with Crippen molar-refractivity contribution in [3.05, 3.63) is 40.7 Å². The molecule has 2 heterocycles. The van der Waals surface area contributed by atoms with Gasteiger partial charge in [-0.3, -0.25) is 4.74 Å². The predicted molar refractivity (Wildman–Crippen MR) is 264 cm³/mol. The molecule has 7 N–H and O–H groups in total. The van der Waals surface area contributed by atoms with Gasteiger partial charge in [0.1, 0.15) is 48.4 Å². The van der Waals surface area contributed by atoms with E-state index in [1.807, 2.05) is 47.6 Å². The Hall–Kier alpha value is -2.57. The number of rotatable bonds is 33. The van der Waals surface area contributed by atoms with Crippen LogP contribution in [-0.4, -0.2) is 129 Å². The quantitative estimate of drug-likeness (QED) is 0.0289. The first-order chi connectivity index (χ1) is 32.2. The smallest absolute Gasteiger partial charge is 0.342 e. The standard InChI is InChI=1S/C53H94N2O13/c1-11-13-15-17-19-21-23-25-61-34-53(10,35-62-26-24-22-20-18-16-14-12-2)36-63-32-39(54)29-55-30-42-47(59)43(31-56)67-50(66-42)68-49-45(57)37(3)44(65-49)33-64-48(60)40-27-38(51(4,5)6)28-41(46(40)58)52(7,8)9/h27-29,37,42-45,47,49-50,55-59H,11-26,30-36,54H2,1-10H3/b39-29-. The van der Waals surface area contributed by atoms with E-state index in [2.05, 4.69) is 26.1 Å². The van der Waals surface area contributed by atoms with Gasteiger partial charge in [-0.1, -0.05) is 152 Å². The van der Waals surface area contributed by atoms with Gasteiger partial charge in [-0.25, -0.2) is 4.79 Å². The number of nitrogens with one attached hydrogen (secondary N) is 1. The number of carbonyl (C=O) groups excluding carboxylic acids is 1. The SMILES string of the molecule is CCCCCCCCCOCC(C)(COCCCCCCCCC)COC/C(N)=C/NCC1OC(OC2OC(COC(=O)c3cc(C(C)(C)C)cc(C(C)(C)C)c3O)C(C)C2O)OC(CO)C1O. The molecule has 15 nitrogen and oxygen atoms in total. The van der Waals surface area contributed by atoms with Crippen LogP contribution in [0.2, 0.25) is 0 Å². The maximum atomic E-state index is 13.4. The van der Waals surface area contributed by atoms with Gasteiger partial charge >= 0.3 is 5.97 Å². The highest BCUT2D eigenvalue weighted by molar-refractivity contribution is 5.93. The highest BCUT2D eigenvalue weighted by atomic mass is 16.9. The second-order valence-corrected chi connectivity index (χ2v) is 21.6. The Morgan fingerprint density at radius 3 is 1.82 bits per heavy atom. The average molecular weight is 967 g/mol. The van der Waals surface area contributed by atoms with Gasteiger partial charge in [-0.05, 0) is 35.3 Å². The molecule has 15 heteroatoms. The number of hydrogen-bond acceptors (Lipinski definition) is 15.